The number of hydrogen-bond donors (Lipinski definition) is 3. The molecule has 1 aromatic rings. The van der Waals surface area contributed by atoms with Crippen molar-refractivity contribution in [2.24, 2.45) is 5.73 Å². The van der Waals surface area contributed by atoms with Gasteiger partial charge in [0.2, 0.25) is 0 Å². The number of rotatable bonds is 5. The molecule has 0 bridgehead atoms. The molecule has 4 N–H and O–H groups in total. The maximum Gasteiger partial charge on any atom is 0.305 e. The second-order valence-electron chi connectivity index (χ2n) is 5.45. The van der Waals surface area contributed by atoms with E-state index in [9.17, 15) is 9.59 Å². The molecule has 1 fully saturated rings. The van der Waals surface area contributed by atoms with Gasteiger partial charge in [-0.2, -0.15) is 0 Å². The van der Waals surface area contributed by atoms with Crippen molar-refractivity contribution in [1.82, 2.24) is 0 Å². The first kappa shape index (κ1) is 14.4. The lowest BCUT2D eigenvalue weighted by Crippen LogP contribution is -2.42. The first-order valence-corrected chi connectivity index (χ1v) is 6.91. The number of carboxylic acid groups (broad SMARTS) is 1. The maximum atomic E-state index is 11.5. The summed E-state index contributed by atoms with van der Waals surface area (Å²) in [5.41, 5.74) is 5.93. The fourth-order valence-corrected chi connectivity index (χ4v) is 2.96. The van der Waals surface area contributed by atoms with E-state index >= 15 is 0 Å². The Morgan fingerprint density at radius 2 is 1.85 bits per heavy atom. The summed E-state index contributed by atoms with van der Waals surface area (Å²) >= 11 is 0. The zero-order valence-corrected chi connectivity index (χ0v) is 11.4. The van der Waals surface area contributed by atoms with Crippen LogP contribution in [0.5, 0.6) is 0 Å². The quantitative estimate of drug-likeness (QED) is 0.769. The van der Waals surface area contributed by atoms with Crippen molar-refractivity contribution in [1.29, 1.82) is 0 Å². The van der Waals surface area contributed by atoms with Gasteiger partial charge in [-0.25, -0.2) is 0 Å². The molecule has 1 aliphatic carbocycles. The van der Waals surface area contributed by atoms with E-state index in [1.54, 1.807) is 18.2 Å². The second kappa shape index (κ2) is 5.94. The van der Waals surface area contributed by atoms with Crippen LogP contribution in [0.4, 0.5) is 5.69 Å². The summed E-state index contributed by atoms with van der Waals surface area (Å²) in [6.45, 7) is 0. The topological polar surface area (TPSA) is 92.4 Å². The van der Waals surface area contributed by atoms with E-state index in [-0.39, 0.29) is 6.42 Å². The van der Waals surface area contributed by atoms with Crippen LogP contribution in [-0.2, 0) is 4.79 Å². The summed E-state index contributed by atoms with van der Waals surface area (Å²) in [4.78, 5) is 22.6. The van der Waals surface area contributed by atoms with Crippen LogP contribution < -0.4 is 11.1 Å². The third-order valence-electron chi connectivity index (χ3n) is 3.89. The third-order valence-corrected chi connectivity index (χ3v) is 3.89. The normalized spacial score (nSPS) is 17.4. The van der Waals surface area contributed by atoms with Crippen LogP contribution in [0.3, 0.4) is 0 Å². The summed E-state index contributed by atoms with van der Waals surface area (Å²) in [5, 5.41) is 12.4. The van der Waals surface area contributed by atoms with Crippen LogP contribution in [0.15, 0.2) is 24.3 Å². The van der Waals surface area contributed by atoms with E-state index in [0.717, 1.165) is 32.1 Å². The molecular formula is C15H20N2O3. The van der Waals surface area contributed by atoms with Crippen molar-refractivity contribution in [2.45, 2.75) is 44.1 Å². The van der Waals surface area contributed by atoms with Crippen molar-refractivity contribution in [3.63, 3.8) is 0 Å². The van der Waals surface area contributed by atoms with Crippen LogP contribution in [0.2, 0.25) is 0 Å². The number of primary amides is 1. The Kier molecular flexibility index (Phi) is 4.27. The number of aliphatic carboxylic acids is 1. The molecule has 1 saturated carbocycles. The smallest absolute Gasteiger partial charge is 0.305 e. The van der Waals surface area contributed by atoms with Crippen LogP contribution >= 0.6 is 0 Å². The predicted octanol–water partition coefficient (Wildman–Crippen LogP) is 2.38. The standard InChI is InChI=1S/C15H20N2O3/c16-14(20)11-6-2-3-7-12(11)17-15(10-13(18)19)8-4-1-5-9-15/h2-3,6-7,17H,1,4-5,8-10H2,(H2,16,20)(H,18,19). The van der Waals surface area contributed by atoms with Gasteiger partial charge in [-0.1, -0.05) is 31.4 Å². The van der Waals surface area contributed by atoms with E-state index in [4.69, 9.17) is 10.8 Å². The molecule has 0 saturated heterocycles. The van der Waals surface area contributed by atoms with Crippen LogP contribution in [-0.4, -0.2) is 22.5 Å². The molecule has 108 valence electrons. The maximum absolute atomic E-state index is 11.5. The predicted molar refractivity (Wildman–Crippen MR) is 76.7 cm³/mol. The minimum atomic E-state index is -0.823. The van der Waals surface area contributed by atoms with E-state index in [1.165, 1.54) is 0 Å². The number of carbonyl (C=O) groups is 2. The van der Waals surface area contributed by atoms with Crippen molar-refractivity contribution in [2.75, 3.05) is 5.32 Å². The van der Waals surface area contributed by atoms with E-state index in [0.29, 0.717) is 11.3 Å². The van der Waals surface area contributed by atoms with Gasteiger partial charge < -0.3 is 16.2 Å². The Morgan fingerprint density at radius 3 is 2.45 bits per heavy atom. The fourth-order valence-electron chi connectivity index (χ4n) is 2.96. The number of carboxylic acids is 1. The van der Waals surface area contributed by atoms with Gasteiger partial charge in [0.25, 0.3) is 5.91 Å². The lowest BCUT2D eigenvalue weighted by molar-refractivity contribution is -0.138. The first-order valence-electron chi connectivity index (χ1n) is 6.91. The molecule has 5 nitrogen and oxygen atoms in total. The Morgan fingerprint density at radius 1 is 1.20 bits per heavy atom. The molecule has 1 aliphatic rings. The van der Waals surface area contributed by atoms with E-state index in [2.05, 4.69) is 5.32 Å². The zero-order valence-electron chi connectivity index (χ0n) is 11.4. The van der Waals surface area contributed by atoms with Gasteiger partial charge in [0.1, 0.15) is 0 Å². The lowest BCUT2D eigenvalue weighted by atomic mass is 9.79. The number of para-hydroxylation sites is 1. The average Bonchev–Trinajstić information content (AvgIpc) is 2.39. The Labute approximate surface area is 118 Å². The summed E-state index contributed by atoms with van der Waals surface area (Å²) in [5.74, 6) is -1.33. The van der Waals surface area contributed by atoms with Crippen molar-refractivity contribution >= 4 is 17.6 Å². The molecule has 0 radical (unpaired) electrons. The van der Waals surface area contributed by atoms with E-state index in [1.807, 2.05) is 6.07 Å². The fraction of sp³-hybridized carbons (Fsp3) is 0.467. The molecule has 2 rings (SSSR count). The highest BCUT2D eigenvalue weighted by Crippen LogP contribution is 2.35. The molecule has 20 heavy (non-hydrogen) atoms. The number of benzene rings is 1. The van der Waals surface area contributed by atoms with Gasteiger partial charge in [0.05, 0.1) is 12.0 Å². The van der Waals surface area contributed by atoms with Gasteiger partial charge in [0.15, 0.2) is 0 Å². The Bertz CT molecular complexity index is 508. The molecule has 0 heterocycles. The summed E-state index contributed by atoms with van der Waals surface area (Å²) in [7, 11) is 0. The third kappa shape index (κ3) is 3.29. The van der Waals surface area contributed by atoms with Gasteiger partial charge in [-0.05, 0) is 25.0 Å². The van der Waals surface area contributed by atoms with Crippen molar-refractivity contribution in [3.05, 3.63) is 29.8 Å². The highest BCUT2D eigenvalue weighted by molar-refractivity contribution is 5.98. The average molecular weight is 276 g/mol. The molecule has 0 aliphatic heterocycles. The summed E-state index contributed by atoms with van der Waals surface area (Å²) < 4.78 is 0. The molecule has 0 aromatic heterocycles. The van der Waals surface area contributed by atoms with Crippen LogP contribution in [0, 0.1) is 0 Å². The molecule has 1 amide bonds. The molecule has 1 aromatic carbocycles. The second-order valence-corrected chi connectivity index (χ2v) is 5.45. The highest BCUT2D eigenvalue weighted by atomic mass is 16.4. The zero-order chi connectivity index (χ0) is 14.6. The number of hydrogen-bond acceptors (Lipinski definition) is 3. The number of nitrogens with two attached hydrogens (primary N) is 1. The Balaban J connectivity index is 2.28. The van der Waals surface area contributed by atoms with Gasteiger partial charge >= 0.3 is 5.97 Å². The highest BCUT2D eigenvalue weighted by Gasteiger charge is 2.34. The minimum absolute atomic E-state index is 0.0557. The monoisotopic (exact) mass is 276 g/mol. The number of carbonyl (C=O) groups excluding carboxylic acids is 1. The molecule has 5 heteroatoms. The molecule has 0 atom stereocenters. The van der Waals surface area contributed by atoms with Crippen molar-refractivity contribution in [3.8, 4) is 0 Å². The van der Waals surface area contributed by atoms with Gasteiger partial charge in [-0.3, -0.25) is 9.59 Å². The van der Waals surface area contributed by atoms with Gasteiger partial charge in [-0.15, -0.1) is 0 Å². The summed E-state index contributed by atoms with van der Waals surface area (Å²) in [6.07, 6.45) is 4.78. The molecule has 0 unspecified atom stereocenters. The van der Waals surface area contributed by atoms with Gasteiger partial charge in [0, 0.05) is 11.2 Å². The first-order chi connectivity index (χ1) is 9.52. The SMILES string of the molecule is NC(=O)c1ccccc1NC1(CC(=O)O)CCCCC1. The van der Waals surface area contributed by atoms with Crippen LogP contribution in [0.25, 0.3) is 0 Å². The molecular weight excluding hydrogens is 256 g/mol. The lowest BCUT2D eigenvalue weighted by Gasteiger charge is -2.38. The molecule has 0 spiro atoms. The number of amides is 1. The van der Waals surface area contributed by atoms with Crippen LogP contribution in [0.1, 0.15) is 48.9 Å². The largest absolute Gasteiger partial charge is 0.481 e. The van der Waals surface area contributed by atoms with Crippen molar-refractivity contribution < 1.29 is 14.7 Å². The number of nitrogens with one attached hydrogen (secondary N) is 1. The summed E-state index contributed by atoms with van der Waals surface area (Å²) in [6, 6.07) is 6.99. The van der Waals surface area contributed by atoms with E-state index < -0.39 is 17.4 Å². The number of anilines is 1. The Hall–Kier alpha value is -2.04. The minimum Gasteiger partial charge on any atom is -0.481 e.